The van der Waals surface area contributed by atoms with Crippen molar-refractivity contribution in [3.05, 3.63) is 28.2 Å². The van der Waals surface area contributed by atoms with E-state index in [-0.39, 0.29) is 18.9 Å². The van der Waals surface area contributed by atoms with Crippen molar-refractivity contribution >= 4 is 39.3 Å². The number of hydrogen-bond acceptors (Lipinski definition) is 3. The van der Waals surface area contributed by atoms with Crippen LogP contribution in [-0.2, 0) is 9.59 Å². The van der Waals surface area contributed by atoms with Crippen LogP contribution in [0.5, 0.6) is 0 Å². The van der Waals surface area contributed by atoms with Crippen molar-refractivity contribution in [1.29, 1.82) is 0 Å². The number of carboxylic acid groups (broad SMARTS) is 1. The van der Waals surface area contributed by atoms with Crippen LogP contribution in [0.4, 0.5) is 5.69 Å². The van der Waals surface area contributed by atoms with Gasteiger partial charge in [-0.3, -0.25) is 14.5 Å². The van der Waals surface area contributed by atoms with Gasteiger partial charge in [-0.25, -0.2) is 0 Å². The van der Waals surface area contributed by atoms with Gasteiger partial charge in [0.15, 0.2) is 5.84 Å². The number of aliphatic carboxylic acids is 1. The van der Waals surface area contributed by atoms with Crippen LogP contribution in [0.15, 0.2) is 27.8 Å². The molecule has 1 atom stereocenters. The van der Waals surface area contributed by atoms with Gasteiger partial charge in [0.1, 0.15) is 0 Å². The number of amides is 1. The zero-order valence-electron chi connectivity index (χ0n) is 9.71. The Bertz CT molecular complexity index is 614. The Labute approximate surface area is 117 Å². The first kappa shape index (κ1) is 12.2. The Morgan fingerprint density at radius 2 is 2.26 bits per heavy atom. The lowest BCUT2D eigenvalue weighted by molar-refractivity contribution is -0.141. The Hall–Kier alpha value is -1.89. The van der Waals surface area contributed by atoms with Crippen molar-refractivity contribution < 1.29 is 14.7 Å². The zero-order valence-corrected chi connectivity index (χ0v) is 11.3. The highest BCUT2D eigenvalue weighted by Crippen LogP contribution is 2.30. The van der Waals surface area contributed by atoms with Gasteiger partial charge in [0.05, 0.1) is 11.6 Å². The Morgan fingerprint density at radius 3 is 2.95 bits per heavy atom. The zero-order chi connectivity index (χ0) is 13.6. The van der Waals surface area contributed by atoms with Crippen LogP contribution >= 0.6 is 15.9 Å². The van der Waals surface area contributed by atoms with Crippen LogP contribution < -0.4 is 5.43 Å². The van der Waals surface area contributed by atoms with Crippen LogP contribution in [0, 0.1) is 5.92 Å². The molecule has 0 saturated carbocycles. The summed E-state index contributed by atoms with van der Waals surface area (Å²) in [5.74, 6) is -1.41. The molecule has 2 aliphatic rings. The maximum absolute atomic E-state index is 11.9. The van der Waals surface area contributed by atoms with Gasteiger partial charge in [0, 0.05) is 23.0 Å². The fourth-order valence-corrected chi connectivity index (χ4v) is 2.56. The topological polar surface area (TPSA) is 84.1 Å². The summed E-state index contributed by atoms with van der Waals surface area (Å²) in [6.45, 7) is 0.151. The second kappa shape index (κ2) is 4.34. The van der Waals surface area contributed by atoms with Gasteiger partial charge >= 0.3 is 5.97 Å². The Balaban J connectivity index is 1.90. The predicted molar refractivity (Wildman–Crippen MR) is 69.9 cm³/mol. The van der Waals surface area contributed by atoms with Crippen molar-refractivity contribution in [3.63, 3.8) is 0 Å². The van der Waals surface area contributed by atoms with Gasteiger partial charge in [-0.1, -0.05) is 15.9 Å². The average molecular weight is 323 g/mol. The van der Waals surface area contributed by atoms with E-state index in [2.05, 4.69) is 26.5 Å². The first-order chi connectivity index (χ1) is 9.06. The van der Waals surface area contributed by atoms with E-state index in [1.807, 2.05) is 12.1 Å². The van der Waals surface area contributed by atoms with Crippen LogP contribution in [0.1, 0.15) is 12.0 Å². The number of halogens is 1. The van der Waals surface area contributed by atoms with Crippen molar-refractivity contribution in [3.8, 4) is 0 Å². The lowest BCUT2D eigenvalue weighted by Gasteiger charge is -2.15. The van der Waals surface area contributed by atoms with Gasteiger partial charge in [-0.15, -0.1) is 10.5 Å². The molecule has 6 nitrogen and oxygen atoms in total. The smallest absolute Gasteiger partial charge is 0.308 e. The molecule has 0 aliphatic carbocycles. The number of carboxylic acids is 1. The largest absolute Gasteiger partial charge is 0.481 e. The molecule has 1 aromatic carbocycles. The predicted octanol–water partition coefficient (Wildman–Crippen LogP) is 1.29. The molecule has 2 aliphatic heterocycles. The second-order valence-electron chi connectivity index (χ2n) is 4.43. The van der Waals surface area contributed by atoms with Gasteiger partial charge in [-0.2, -0.15) is 0 Å². The summed E-state index contributed by atoms with van der Waals surface area (Å²) >= 11 is 3.34. The van der Waals surface area contributed by atoms with Crippen molar-refractivity contribution in [2.75, 3.05) is 6.54 Å². The van der Waals surface area contributed by atoms with E-state index in [1.165, 1.54) is 4.90 Å². The SMILES string of the molecule is O=C(O)C1CC(=O)N(C2=N[N]c3cc(Br)ccc32)C1. The molecule has 3 rings (SSSR count). The minimum atomic E-state index is -0.956. The van der Waals surface area contributed by atoms with E-state index in [1.54, 1.807) is 6.07 Å². The normalized spacial score (nSPS) is 21.1. The number of nitrogens with zero attached hydrogens (tertiary/aromatic N) is 3. The molecule has 1 amide bonds. The fourth-order valence-electron chi connectivity index (χ4n) is 2.21. The van der Waals surface area contributed by atoms with Crippen LogP contribution in [-0.4, -0.2) is 34.3 Å². The van der Waals surface area contributed by atoms with Gasteiger partial charge in [0.25, 0.3) is 0 Å². The van der Waals surface area contributed by atoms with E-state index in [0.717, 1.165) is 10.0 Å². The van der Waals surface area contributed by atoms with E-state index in [0.29, 0.717) is 11.5 Å². The summed E-state index contributed by atoms with van der Waals surface area (Å²) in [5, 5.41) is 13.0. The van der Waals surface area contributed by atoms with Crippen LogP contribution in [0.2, 0.25) is 0 Å². The molecule has 1 N–H and O–H groups in total. The molecular formula is C12H9BrN3O3. The summed E-state index contributed by atoms with van der Waals surface area (Å²) in [6.07, 6.45) is 0.0141. The number of amidine groups is 1. The van der Waals surface area contributed by atoms with Crippen molar-refractivity contribution in [2.24, 2.45) is 11.0 Å². The molecule has 0 bridgehead atoms. The summed E-state index contributed by atoms with van der Waals surface area (Å²) in [5.41, 5.74) is 5.44. The molecule has 2 heterocycles. The van der Waals surface area contributed by atoms with E-state index >= 15 is 0 Å². The maximum atomic E-state index is 11.9. The quantitative estimate of drug-likeness (QED) is 0.845. The lowest BCUT2D eigenvalue weighted by Crippen LogP contribution is -2.32. The third-order valence-corrected chi connectivity index (χ3v) is 3.68. The minimum absolute atomic E-state index is 0.0141. The number of benzene rings is 1. The number of carbonyl (C=O) groups is 2. The molecule has 1 aromatic rings. The molecule has 97 valence electrons. The lowest BCUT2D eigenvalue weighted by atomic mass is 10.1. The Kier molecular flexibility index (Phi) is 2.78. The second-order valence-corrected chi connectivity index (χ2v) is 5.34. The molecule has 1 saturated heterocycles. The molecule has 0 spiro atoms. The highest BCUT2D eigenvalue weighted by atomic mass is 79.9. The van der Waals surface area contributed by atoms with E-state index < -0.39 is 11.9 Å². The highest BCUT2D eigenvalue weighted by Gasteiger charge is 2.39. The number of likely N-dealkylation sites (tertiary alicyclic amines) is 1. The van der Waals surface area contributed by atoms with Crippen LogP contribution in [0.25, 0.3) is 0 Å². The summed E-state index contributed by atoms with van der Waals surface area (Å²) in [4.78, 5) is 24.2. The van der Waals surface area contributed by atoms with Gasteiger partial charge in [-0.05, 0) is 18.2 Å². The first-order valence-electron chi connectivity index (χ1n) is 5.68. The molecule has 1 radical (unpaired) electrons. The third-order valence-electron chi connectivity index (χ3n) is 3.18. The van der Waals surface area contributed by atoms with Crippen molar-refractivity contribution in [2.45, 2.75) is 6.42 Å². The van der Waals surface area contributed by atoms with Crippen molar-refractivity contribution in [1.82, 2.24) is 10.3 Å². The number of carbonyl (C=O) groups excluding carboxylic acids is 1. The molecule has 1 fully saturated rings. The molecule has 0 aromatic heterocycles. The Morgan fingerprint density at radius 1 is 1.47 bits per heavy atom. The molecule has 1 unspecified atom stereocenters. The van der Waals surface area contributed by atoms with E-state index in [9.17, 15) is 9.59 Å². The maximum Gasteiger partial charge on any atom is 0.308 e. The summed E-state index contributed by atoms with van der Waals surface area (Å²) in [7, 11) is 0. The number of rotatable bonds is 1. The molecule has 7 heteroatoms. The summed E-state index contributed by atoms with van der Waals surface area (Å²) in [6, 6.07) is 5.46. The van der Waals surface area contributed by atoms with Crippen LogP contribution in [0.3, 0.4) is 0 Å². The average Bonchev–Trinajstić information content (AvgIpc) is 2.92. The van der Waals surface area contributed by atoms with Gasteiger partial charge < -0.3 is 5.11 Å². The molecule has 19 heavy (non-hydrogen) atoms. The summed E-state index contributed by atoms with van der Waals surface area (Å²) < 4.78 is 0.877. The number of fused-ring (bicyclic) bond motifs is 1. The monoisotopic (exact) mass is 322 g/mol. The number of hydrogen-bond donors (Lipinski definition) is 1. The van der Waals surface area contributed by atoms with E-state index in [4.69, 9.17) is 5.11 Å². The fraction of sp³-hybridized carbons (Fsp3) is 0.250. The highest BCUT2D eigenvalue weighted by molar-refractivity contribution is 9.10. The van der Waals surface area contributed by atoms with Gasteiger partial charge in [0.2, 0.25) is 5.91 Å². The standard InChI is InChI=1S/C12H9BrN3O3/c13-7-1-2-8-9(4-7)14-15-11(8)16-5-6(12(18)19)3-10(16)17/h1-2,4,6H,3,5H2,(H,18,19). The molecular weight excluding hydrogens is 314 g/mol. The minimum Gasteiger partial charge on any atom is -0.481 e. The third kappa shape index (κ3) is 1.99. The first-order valence-corrected chi connectivity index (χ1v) is 6.47.